The van der Waals surface area contributed by atoms with Gasteiger partial charge in [0.25, 0.3) is 0 Å². The summed E-state index contributed by atoms with van der Waals surface area (Å²) in [5, 5.41) is 16.3. The maximum Gasteiger partial charge on any atom is 0.156 e. The van der Waals surface area contributed by atoms with Crippen molar-refractivity contribution in [3.63, 3.8) is 0 Å². The van der Waals surface area contributed by atoms with Crippen molar-refractivity contribution in [3.05, 3.63) is 48.4 Å². The van der Waals surface area contributed by atoms with Crippen LogP contribution >= 0.6 is 11.3 Å². The Morgan fingerprint density at radius 3 is 3.08 bits per heavy atom. The predicted octanol–water partition coefficient (Wildman–Crippen LogP) is 3.74. The Hall–Kier alpha value is -3.44. The first-order chi connectivity index (χ1) is 12.8. The van der Waals surface area contributed by atoms with Crippen LogP contribution in [0.5, 0.6) is 0 Å². The molecule has 0 aliphatic carbocycles. The SMILES string of the molecule is N#CCCn1cc(-n2c(-c3cccs3)nc3cnc4[nH]ccc4c32)cn1. The number of aryl methyl sites for hydroxylation is 1. The fourth-order valence-electron chi connectivity index (χ4n) is 3.15. The van der Waals surface area contributed by atoms with Crippen molar-refractivity contribution in [3.8, 4) is 22.5 Å². The van der Waals surface area contributed by atoms with Crippen LogP contribution in [0, 0.1) is 11.3 Å². The maximum absolute atomic E-state index is 8.81. The van der Waals surface area contributed by atoms with Crippen molar-refractivity contribution < 1.29 is 0 Å². The second kappa shape index (κ2) is 5.82. The van der Waals surface area contributed by atoms with E-state index in [1.54, 1.807) is 22.2 Å². The summed E-state index contributed by atoms with van der Waals surface area (Å²) in [6.07, 6.45) is 7.87. The Balaban J connectivity index is 1.81. The van der Waals surface area contributed by atoms with E-state index in [4.69, 9.17) is 10.2 Å². The minimum Gasteiger partial charge on any atom is -0.346 e. The van der Waals surface area contributed by atoms with Gasteiger partial charge in [0, 0.05) is 17.8 Å². The van der Waals surface area contributed by atoms with E-state index in [2.05, 4.69) is 31.8 Å². The minimum absolute atomic E-state index is 0.426. The van der Waals surface area contributed by atoms with Gasteiger partial charge in [0.1, 0.15) is 11.2 Å². The van der Waals surface area contributed by atoms with E-state index in [0.29, 0.717) is 13.0 Å². The normalized spacial score (nSPS) is 11.3. The highest BCUT2D eigenvalue weighted by atomic mass is 32.1. The number of hydrogen-bond acceptors (Lipinski definition) is 5. The molecule has 0 atom stereocenters. The largest absolute Gasteiger partial charge is 0.346 e. The summed E-state index contributed by atoms with van der Waals surface area (Å²) in [4.78, 5) is 13.5. The third-order valence-corrected chi connectivity index (χ3v) is 5.14. The van der Waals surface area contributed by atoms with Crippen molar-refractivity contribution in [2.45, 2.75) is 13.0 Å². The highest BCUT2D eigenvalue weighted by Gasteiger charge is 2.19. The molecule has 0 spiro atoms. The lowest BCUT2D eigenvalue weighted by Gasteiger charge is -2.06. The molecule has 0 aliphatic rings. The quantitative estimate of drug-likeness (QED) is 0.529. The topological polar surface area (TPSA) is 88.1 Å². The van der Waals surface area contributed by atoms with Crippen LogP contribution in [0.2, 0.25) is 0 Å². The van der Waals surface area contributed by atoms with Gasteiger partial charge in [-0.15, -0.1) is 11.3 Å². The molecule has 0 fully saturated rings. The van der Waals surface area contributed by atoms with E-state index in [1.807, 2.05) is 36.1 Å². The first kappa shape index (κ1) is 14.9. The molecule has 0 bridgehead atoms. The fraction of sp³-hybridized carbons (Fsp3) is 0.111. The molecule has 0 aliphatic heterocycles. The average Bonchev–Trinajstić information content (AvgIpc) is 3.44. The second-order valence-electron chi connectivity index (χ2n) is 5.85. The van der Waals surface area contributed by atoms with Crippen LogP contribution < -0.4 is 0 Å². The Bertz CT molecular complexity index is 1250. The number of nitrogens with one attached hydrogen (secondary N) is 1. The first-order valence-corrected chi connectivity index (χ1v) is 9.01. The Kier molecular flexibility index (Phi) is 3.33. The third kappa shape index (κ3) is 2.22. The molecule has 0 saturated heterocycles. The summed E-state index contributed by atoms with van der Waals surface area (Å²) in [7, 11) is 0. The van der Waals surface area contributed by atoms with Gasteiger partial charge >= 0.3 is 0 Å². The van der Waals surface area contributed by atoms with Gasteiger partial charge in [0.05, 0.1) is 47.5 Å². The first-order valence-electron chi connectivity index (χ1n) is 8.13. The van der Waals surface area contributed by atoms with Crippen LogP contribution in [0.4, 0.5) is 0 Å². The van der Waals surface area contributed by atoms with E-state index < -0.39 is 0 Å². The number of nitrogens with zero attached hydrogens (tertiary/aromatic N) is 6. The zero-order chi connectivity index (χ0) is 17.5. The van der Waals surface area contributed by atoms with E-state index in [9.17, 15) is 0 Å². The maximum atomic E-state index is 8.81. The fourth-order valence-corrected chi connectivity index (χ4v) is 3.85. The van der Waals surface area contributed by atoms with Crippen LogP contribution in [-0.2, 0) is 6.54 Å². The van der Waals surface area contributed by atoms with Crippen molar-refractivity contribution in [1.82, 2.24) is 29.3 Å². The third-order valence-electron chi connectivity index (χ3n) is 4.27. The molecule has 126 valence electrons. The summed E-state index contributed by atoms with van der Waals surface area (Å²) >= 11 is 1.65. The number of rotatable bonds is 4. The van der Waals surface area contributed by atoms with Crippen LogP contribution in [-0.4, -0.2) is 29.3 Å². The standard InChI is InChI=1S/C18H13N7S/c19-5-2-7-24-11-12(9-22-24)25-16-13-4-6-20-17(13)21-10-14(16)23-18(25)15-3-1-8-26-15/h1,3-4,6,8-11H,2,7H2,(H,20,21). The molecule has 26 heavy (non-hydrogen) atoms. The van der Waals surface area contributed by atoms with Gasteiger partial charge in [0.15, 0.2) is 5.82 Å². The lowest BCUT2D eigenvalue weighted by atomic mass is 10.3. The molecular weight excluding hydrogens is 346 g/mol. The number of thiophene rings is 1. The van der Waals surface area contributed by atoms with Gasteiger partial charge in [0.2, 0.25) is 0 Å². The van der Waals surface area contributed by atoms with Crippen LogP contribution in [0.15, 0.2) is 48.4 Å². The lowest BCUT2D eigenvalue weighted by Crippen LogP contribution is -1.98. The molecule has 1 N–H and O–H groups in total. The van der Waals surface area contributed by atoms with E-state index in [-0.39, 0.29) is 0 Å². The minimum atomic E-state index is 0.426. The monoisotopic (exact) mass is 359 g/mol. The number of nitriles is 1. The van der Waals surface area contributed by atoms with E-state index in [1.165, 1.54) is 0 Å². The summed E-state index contributed by atoms with van der Waals surface area (Å²) in [6, 6.07) is 8.25. The molecular formula is C18H13N7S. The number of aromatic nitrogens is 6. The average molecular weight is 359 g/mol. The molecule has 5 aromatic heterocycles. The highest BCUT2D eigenvalue weighted by molar-refractivity contribution is 7.13. The molecule has 5 aromatic rings. The molecule has 5 heterocycles. The Labute approximate surface area is 152 Å². The van der Waals surface area contributed by atoms with Crippen LogP contribution in [0.3, 0.4) is 0 Å². The van der Waals surface area contributed by atoms with Crippen molar-refractivity contribution in [2.75, 3.05) is 0 Å². The number of pyridine rings is 1. The molecule has 5 rings (SSSR count). The van der Waals surface area contributed by atoms with Crippen molar-refractivity contribution in [2.24, 2.45) is 0 Å². The molecule has 0 amide bonds. The van der Waals surface area contributed by atoms with Gasteiger partial charge in [-0.05, 0) is 17.5 Å². The molecule has 0 radical (unpaired) electrons. The Morgan fingerprint density at radius 2 is 2.23 bits per heavy atom. The number of fused-ring (bicyclic) bond motifs is 3. The lowest BCUT2D eigenvalue weighted by molar-refractivity contribution is 0.627. The summed E-state index contributed by atoms with van der Waals surface area (Å²) in [6.45, 7) is 0.568. The van der Waals surface area contributed by atoms with Gasteiger partial charge in [-0.3, -0.25) is 9.25 Å². The zero-order valence-corrected chi connectivity index (χ0v) is 14.4. The van der Waals surface area contributed by atoms with Crippen LogP contribution in [0.25, 0.3) is 38.5 Å². The smallest absolute Gasteiger partial charge is 0.156 e. The van der Waals surface area contributed by atoms with Gasteiger partial charge < -0.3 is 4.98 Å². The van der Waals surface area contributed by atoms with Crippen molar-refractivity contribution >= 4 is 33.4 Å². The summed E-state index contributed by atoms with van der Waals surface area (Å²) < 4.78 is 3.91. The van der Waals surface area contributed by atoms with Crippen LogP contribution in [0.1, 0.15) is 6.42 Å². The zero-order valence-electron chi connectivity index (χ0n) is 13.6. The Morgan fingerprint density at radius 1 is 1.27 bits per heavy atom. The van der Waals surface area contributed by atoms with Gasteiger partial charge in [-0.25, -0.2) is 9.97 Å². The molecule has 7 nitrogen and oxygen atoms in total. The summed E-state index contributed by atoms with van der Waals surface area (Å²) in [5.41, 5.74) is 3.58. The van der Waals surface area contributed by atoms with Gasteiger partial charge in [-0.2, -0.15) is 10.4 Å². The highest BCUT2D eigenvalue weighted by Crippen LogP contribution is 2.33. The number of imidazole rings is 1. The molecule has 0 saturated carbocycles. The van der Waals surface area contributed by atoms with Gasteiger partial charge in [-0.1, -0.05) is 6.07 Å². The second-order valence-corrected chi connectivity index (χ2v) is 6.80. The number of aromatic amines is 1. The van der Waals surface area contributed by atoms with E-state index >= 15 is 0 Å². The van der Waals surface area contributed by atoms with E-state index in [0.717, 1.165) is 38.5 Å². The molecule has 0 unspecified atom stereocenters. The number of H-pyrrole nitrogens is 1. The molecule has 8 heteroatoms. The predicted molar refractivity (Wildman–Crippen MR) is 100 cm³/mol. The van der Waals surface area contributed by atoms with Crippen molar-refractivity contribution in [1.29, 1.82) is 5.26 Å². The number of hydrogen-bond donors (Lipinski definition) is 1. The molecule has 0 aromatic carbocycles. The summed E-state index contributed by atoms with van der Waals surface area (Å²) in [5.74, 6) is 0.866.